The van der Waals surface area contributed by atoms with Gasteiger partial charge < -0.3 is 16.2 Å². The fourth-order valence-electron chi connectivity index (χ4n) is 1.48. The van der Waals surface area contributed by atoms with E-state index in [0.29, 0.717) is 18.9 Å². The first-order valence-corrected chi connectivity index (χ1v) is 5.73. The van der Waals surface area contributed by atoms with E-state index in [0.717, 1.165) is 19.3 Å². The van der Waals surface area contributed by atoms with Crippen LogP contribution in [-0.4, -0.2) is 29.1 Å². The molecule has 1 saturated carbocycles. The molecule has 0 heterocycles. The minimum absolute atomic E-state index is 0.0714. The Hall–Kier alpha value is -1.10. The lowest BCUT2D eigenvalue weighted by atomic mass is 10.0. The van der Waals surface area contributed by atoms with Crippen LogP contribution >= 0.6 is 0 Å². The largest absolute Gasteiger partial charge is 0.481 e. The molecule has 4 N–H and O–H groups in total. The highest BCUT2D eigenvalue weighted by molar-refractivity contribution is 5.88. The van der Waals surface area contributed by atoms with E-state index in [2.05, 4.69) is 5.32 Å². The van der Waals surface area contributed by atoms with Gasteiger partial charge in [0.25, 0.3) is 0 Å². The highest BCUT2D eigenvalue weighted by Gasteiger charge is 2.45. The molecule has 1 atom stereocenters. The fraction of sp³-hybridized carbons (Fsp3) is 0.818. The van der Waals surface area contributed by atoms with E-state index in [1.54, 1.807) is 0 Å². The van der Waals surface area contributed by atoms with Crippen molar-refractivity contribution >= 4 is 11.9 Å². The maximum atomic E-state index is 11.4. The Kier molecular flexibility index (Phi) is 4.29. The van der Waals surface area contributed by atoms with Crippen LogP contribution in [0, 0.1) is 5.92 Å². The van der Waals surface area contributed by atoms with Crippen molar-refractivity contribution in [1.82, 2.24) is 5.32 Å². The van der Waals surface area contributed by atoms with Gasteiger partial charge in [-0.1, -0.05) is 6.92 Å². The maximum Gasteiger partial charge on any atom is 0.303 e. The van der Waals surface area contributed by atoms with Gasteiger partial charge in [0.2, 0.25) is 5.91 Å². The van der Waals surface area contributed by atoms with Gasteiger partial charge in [-0.25, -0.2) is 0 Å². The van der Waals surface area contributed by atoms with E-state index < -0.39 is 11.5 Å². The molecule has 0 aromatic heterocycles. The third-order valence-corrected chi connectivity index (χ3v) is 3.01. The predicted molar refractivity (Wildman–Crippen MR) is 59.8 cm³/mol. The minimum atomic E-state index is -0.769. The van der Waals surface area contributed by atoms with Gasteiger partial charge in [0.1, 0.15) is 0 Å². The second kappa shape index (κ2) is 5.30. The number of hydrogen-bond acceptors (Lipinski definition) is 3. The Labute approximate surface area is 95.4 Å². The lowest BCUT2D eigenvalue weighted by Crippen LogP contribution is -2.43. The molecule has 0 radical (unpaired) electrons. The van der Waals surface area contributed by atoms with Crippen LogP contribution < -0.4 is 11.1 Å². The van der Waals surface area contributed by atoms with Gasteiger partial charge in [-0.2, -0.15) is 0 Å². The number of amides is 1. The number of nitrogens with one attached hydrogen (secondary N) is 1. The summed E-state index contributed by atoms with van der Waals surface area (Å²) in [6.07, 6.45) is 3.19. The molecule has 1 aliphatic rings. The van der Waals surface area contributed by atoms with Crippen LogP contribution in [-0.2, 0) is 9.59 Å². The molecule has 0 aromatic carbocycles. The molecule has 92 valence electrons. The lowest BCUT2D eigenvalue weighted by molar-refractivity contribution is -0.137. The van der Waals surface area contributed by atoms with Gasteiger partial charge >= 0.3 is 5.97 Å². The zero-order valence-corrected chi connectivity index (χ0v) is 9.66. The number of rotatable bonds is 7. The Morgan fingerprint density at radius 1 is 1.44 bits per heavy atom. The molecule has 0 aliphatic heterocycles. The third kappa shape index (κ3) is 4.18. The first-order valence-electron chi connectivity index (χ1n) is 5.73. The highest BCUT2D eigenvalue weighted by Crippen LogP contribution is 2.32. The van der Waals surface area contributed by atoms with E-state index in [1.165, 1.54) is 0 Å². The number of aliphatic carboxylic acids is 1. The third-order valence-electron chi connectivity index (χ3n) is 3.01. The van der Waals surface area contributed by atoms with Crippen LogP contribution in [0.5, 0.6) is 0 Å². The quantitative estimate of drug-likeness (QED) is 0.591. The summed E-state index contributed by atoms with van der Waals surface area (Å²) in [6, 6.07) is 0. The van der Waals surface area contributed by atoms with Crippen molar-refractivity contribution < 1.29 is 14.7 Å². The second-order valence-corrected chi connectivity index (χ2v) is 4.74. The normalized spacial score (nSPS) is 18.9. The standard InChI is InChI=1S/C11H20N2O3/c1-8(2-3-9(14)15)4-7-13-10(16)11(12)5-6-11/h8H,2-7,12H2,1H3,(H,13,16)(H,14,15). The highest BCUT2D eigenvalue weighted by atomic mass is 16.4. The molecule has 0 saturated heterocycles. The summed E-state index contributed by atoms with van der Waals surface area (Å²) in [5.74, 6) is -0.531. The number of carbonyl (C=O) groups excluding carboxylic acids is 1. The Morgan fingerprint density at radius 2 is 2.06 bits per heavy atom. The number of nitrogens with two attached hydrogens (primary N) is 1. The van der Waals surface area contributed by atoms with Crippen molar-refractivity contribution in [2.24, 2.45) is 11.7 Å². The van der Waals surface area contributed by atoms with Gasteiger partial charge in [0.15, 0.2) is 0 Å². The number of carboxylic acids is 1. The van der Waals surface area contributed by atoms with Crippen LogP contribution in [0.1, 0.15) is 39.0 Å². The van der Waals surface area contributed by atoms with Crippen molar-refractivity contribution in [2.75, 3.05) is 6.54 Å². The zero-order valence-electron chi connectivity index (χ0n) is 9.66. The summed E-state index contributed by atoms with van der Waals surface area (Å²) < 4.78 is 0. The van der Waals surface area contributed by atoms with Crippen molar-refractivity contribution in [3.8, 4) is 0 Å². The fourth-order valence-corrected chi connectivity index (χ4v) is 1.48. The van der Waals surface area contributed by atoms with Crippen molar-refractivity contribution in [2.45, 2.75) is 44.6 Å². The zero-order chi connectivity index (χ0) is 12.2. The Morgan fingerprint density at radius 3 is 2.56 bits per heavy atom. The Balaban J connectivity index is 2.06. The molecule has 1 fully saturated rings. The molecule has 1 amide bonds. The average molecular weight is 228 g/mol. The topological polar surface area (TPSA) is 92.4 Å². The van der Waals surface area contributed by atoms with E-state index >= 15 is 0 Å². The lowest BCUT2D eigenvalue weighted by Gasteiger charge is -2.13. The van der Waals surface area contributed by atoms with Gasteiger partial charge in [0.05, 0.1) is 5.54 Å². The van der Waals surface area contributed by atoms with Crippen LogP contribution in [0.15, 0.2) is 0 Å². The van der Waals surface area contributed by atoms with Crippen LogP contribution in [0.25, 0.3) is 0 Å². The summed E-state index contributed by atoms with van der Waals surface area (Å²) in [4.78, 5) is 21.8. The van der Waals surface area contributed by atoms with Crippen LogP contribution in [0.4, 0.5) is 0 Å². The number of carbonyl (C=O) groups is 2. The van der Waals surface area contributed by atoms with Gasteiger partial charge in [-0.15, -0.1) is 0 Å². The molecular weight excluding hydrogens is 208 g/mol. The molecule has 1 aliphatic carbocycles. The molecule has 0 spiro atoms. The van der Waals surface area contributed by atoms with Gasteiger partial charge in [-0.05, 0) is 31.6 Å². The van der Waals surface area contributed by atoms with Crippen LogP contribution in [0.2, 0.25) is 0 Å². The maximum absolute atomic E-state index is 11.4. The van der Waals surface area contributed by atoms with E-state index in [-0.39, 0.29) is 12.3 Å². The molecule has 0 aromatic rings. The second-order valence-electron chi connectivity index (χ2n) is 4.74. The molecule has 5 heteroatoms. The smallest absolute Gasteiger partial charge is 0.303 e. The minimum Gasteiger partial charge on any atom is -0.481 e. The number of carboxylic acid groups (broad SMARTS) is 1. The van der Waals surface area contributed by atoms with Gasteiger partial charge in [-0.3, -0.25) is 9.59 Å². The summed E-state index contributed by atoms with van der Waals surface area (Å²) in [7, 11) is 0. The Bertz CT molecular complexity index is 274. The monoisotopic (exact) mass is 228 g/mol. The molecule has 16 heavy (non-hydrogen) atoms. The predicted octanol–water partition coefficient (Wildman–Crippen LogP) is 0.485. The first-order chi connectivity index (χ1) is 7.44. The summed E-state index contributed by atoms with van der Waals surface area (Å²) >= 11 is 0. The van der Waals surface area contributed by atoms with E-state index in [4.69, 9.17) is 10.8 Å². The molecule has 5 nitrogen and oxygen atoms in total. The molecule has 1 rings (SSSR count). The van der Waals surface area contributed by atoms with Crippen molar-refractivity contribution in [3.63, 3.8) is 0 Å². The van der Waals surface area contributed by atoms with Crippen molar-refractivity contribution in [1.29, 1.82) is 0 Å². The summed E-state index contributed by atoms with van der Waals surface area (Å²) in [6.45, 7) is 2.57. The summed E-state index contributed by atoms with van der Waals surface area (Å²) in [5, 5.41) is 11.3. The molecule has 1 unspecified atom stereocenters. The van der Waals surface area contributed by atoms with Crippen LogP contribution in [0.3, 0.4) is 0 Å². The molecule has 0 bridgehead atoms. The van der Waals surface area contributed by atoms with E-state index in [9.17, 15) is 9.59 Å². The van der Waals surface area contributed by atoms with E-state index in [1.807, 2.05) is 6.92 Å². The van der Waals surface area contributed by atoms with Crippen molar-refractivity contribution in [3.05, 3.63) is 0 Å². The SMILES string of the molecule is CC(CCNC(=O)C1(N)CC1)CCC(=O)O. The average Bonchev–Trinajstić information content (AvgIpc) is 2.94. The molecular formula is C11H20N2O3. The van der Waals surface area contributed by atoms with Gasteiger partial charge in [0, 0.05) is 13.0 Å². The first kappa shape index (κ1) is 13.0. The summed E-state index contributed by atoms with van der Waals surface area (Å²) in [5.41, 5.74) is 5.11. The number of hydrogen-bond donors (Lipinski definition) is 3.